The van der Waals surface area contributed by atoms with Gasteiger partial charge in [-0.3, -0.25) is 10.1 Å². The van der Waals surface area contributed by atoms with Crippen LogP contribution in [0.25, 0.3) is 0 Å². The summed E-state index contributed by atoms with van der Waals surface area (Å²) in [7, 11) is 0. The summed E-state index contributed by atoms with van der Waals surface area (Å²) in [4.78, 5) is 10.0. The molecule has 0 amide bonds. The number of hydrogen-bond acceptors (Lipinski definition) is 3. The Hall–Kier alpha value is -1.13. The van der Waals surface area contributed by atoms with Gasteiger partial charge in [-0.25, -0.2) is 0 Å². The van der Waals surface area contributed by atoms with Crippen molar-refractivity contribution >= 4 is 18.1 Å². The van der Waals surface area contributed by atoms with E-state index in [-0.39, 0.29) is 23.6 Å². The minimum Gasteiger partial charge on any atom is -0.321 e. The molecule has 0 radical (unpaired) electrons. The van der Waals surface area contributed by atoms with Gasteiger partial charge in [0.25, 0.3) is 5.69 Å². The van der Waals surface area contributed by atoms with Gasteiger partial charge in [-0.15, -0.1) is 12.4 Å². The van der Waals surface area contributed by atoms with E-state index in [1.165, 1.54) is 12.1 Å². The van der Waals surface area contributed by atoms with Crippen LogP contribution in [0.4, 0.5) is 5.69 Å². The predicted octanol–water partition coefficient (Wildman–Crippen LogP) is 2.35. The summed E-state index contributed by atoms with van der Waals surface area (Å²) in [6.07, 6.45) is 3.10. The van der Waals surface area contributed by atoms with Gasteiger partial charge < -0.3 is 5.73 Å². The highest BCUT2D eigenvalue weighted by Gasteiger charge is 2.34. The fourth-order valence-electron chi connectivity index (χ4n) is 1.76. The zero-order chi connectivity index (χ0) is 10.2. The monoisotopic (exact) mass is 228 g/mol. The van der Waals surface area contributed by atoms with Crippen molar-refractivity contribution in [1.29, 1.82) is 0 Å². The van der Waals surface area contributed by atoms with E-state index < -0.39 is 4.92 Å². The van der Waals surface area contributed by atoms with Crippen LogP contribution in [0.5, 0.6) is 0 Å². The second-order valence-electron chi connectivity index (χ2n) is 3.81. The maximum absolute atomic E-state index is 10.4. The van der Waals surface area contributed by atoms with Crippen LogP contribution in [0.2, 0.25) is 0 Å². The fraction of sp³-hybridized carbons (Fsp3) is 0.400. The van der Waals surface area contributed by atoms with Gasteiger partial charge in [0, 0.05) is 17.7 Å². The Morgan fingerprint density at radius 2 is 1.80 bits per heavy atom. The molecule has 0 heterocycles. The van der Waals surface area contributed by atoms with Crippen molar-refractivity contribution in [2.75, 3.05) is 0 Å². The summed E-state index contributed by atoms with van der Waals surface area (Å²) in [6, 6.07) is 6.55. The third-order valence-electron chi connectivity index (χ3n) is 2.90. The topological polar surface area (TPSA) is 69.2 Å². The fourth-order valence-corrected chi connectivity index (χ4v) is 1.76. The van der Waals surface area contributed by atoms with Gasteiger partial charge in [0.05, 0.1) is 4.92 Å². The van der Waals surface area contributed by atoms with Crippen LogP contribution < -0.4 is 5.73 Å². The molecule has 0 saturated heterocycles. The van der Waals surface area contributed by atoms with Crippen LogP contribution in [-0.2, 0) is 5.54 Å². The molecule has 1 fully saturated rings. The zero-order valence-electron chi connectivity index (χ0n) is 8.18. The second-order valence-corrected chi connectivity index (χ2v) is 3.81. The number of nitro benzene ring substituents is 1. The Bertz CT molecular complexity index is 360. The van der Waals surface area contributed by atoms with Gasteiger partial charge in [0.1, 0.15) is 0 Å². The molecule has 1 aliphatic rings. The first kappa shape index (κ1) is 11.9. The van der Waals surface area contributed by atoms with Crippen molar-refractivity contribution in [3.63, 3.8) is 0 Å². The molecule has 4 nitrogen and oxygen atoms in total. The highest BCUT2D eigenvalue weighted by molar-refractivity contribution is 5.85. The Morgan fingerprint density at radius 3 is 2.13 bits per heavy atom. The van der Waals surface area contributed by atoms with E-state index in [0.29, 0.717) is 0 Å². The molecule has 0 aliphatic heterocycles. The zero-order valence-corrected chi connectivity index (χ0v) is 9.00. The maximum Gasteiger partial charge on any atom is 0.269 e. The largest absolute Gasteiger partial charge is 0.321 e. The molecule has 0 spiro atoms. The standard InChI is InChI=1S/C10H12N2O2.ClH/c11-10(6-1-7-10)8-2-4-9(5-3-8)12(13)14;/h2-5H,1,6-7,11H2;1H. The lowest BCUT2D eigenvalue weighted by Gasteiger charge is -2.38. The summed E-state index contributed by atoms with van der Waals surface area (Å²) in [6.45, 7) is 0. The molecule has 82 valence electrons. The van der Waals surface area contributed by atoms with Crippen molar-refractivity contribution in [2.45, 2.75) is 24.8 Å². The number of benzene rings is 1. The molecule has 15 heavy (non-hydrogen) atoms. The minimum absolute atomic E-state index is 0. The second kappa shape index (κ2) is 4.16. The summed E-state index contributed by atoms with van der Waals surface area (Å²) in [5.41, 5.74) is 6.98. The molecule has 0 atom stereocenters. The molecule has 0 unspecified atom stereocenters. The molecule has 2 N–H and O–H groups in total. The van der Waals surface area contributed by atoms with Gasteiger partial charge >= 0.3 is 0 Å². The van der Waals surface area contributed by atoms with Gasteiger partial charge in [0.2, 0.25) is 0 Å². The molecule has 0 bridgehead atoms. The van der Waals surface area contributed by atoms with Crippen LogP contribution in [-0.4, -0.2) is 4.92 Å². The molecule has 1 aromatic carbocycles. The number of nitrogens with two attached hydrogens (primary N) is 1. The van der Waals surface area contributed by atoms with Gasteiger partial charge in [-0.1, -0.05) is 12.1 Å². The highest BCUT2D eigenvalue weighted by atomic mass is 35.5. The van der Waals surface area contributed by atoms with Crippen LogP contribution in [0, 0.1) is 10.1 Å². The van der Waals surface area contributed by atoms with Crippen LogP contribution in [0.1, 0.15) is 24.8 Å². The average molecular weight is 229 g/mol. The van der Waals surface area contributed by atoms with Crippen molar-refractivity contribution in [3.8, 4) is 0 Å². The number of non-ortho nitro benzene ring substituents is 1. The third-order valence-corrected chi connectivity index (χ3v) is 2.90. The first-order valence-corrected chi connectivity index (χ1v) is 4.66. The number of nitrogens with zero attached hydrogens (tertiary/aromatic N) is 1. The highest BCUT2D eigenvalue weighted by Crippen LogP contribution is 2.38. The van der Waals surface area contributed by atoms with E-state index in [9.17, 15) is 10.1 Å². The molecule has 1 aromatic rings. The van der Waals surface area contributed by atoms with Crippen molar-refractivity contribution in [2.24, 2.45) is 5.73 Å². The van der Waals surface area contributed by atoms with Crippen molar-refractivity contribution in [1.82, 2.24) is 0 Å². The molecule has 1 aliphatic carbocycles. The molecule has 0 aromatic heterocycles. The van der Waals surface area contributed by atoms with E-state index in [0.717, 1.165) is 24.8 Å². The number of nitro groups is 1. The molecular weight excluding hydrogens is 216 g/mol. The molecule has 5 heteroatoms. The Morgan fingerprint density at radius 1 is 1.27 bits per heavy atom. The lowest BCUT2D eigenvalue weighted by Crippen LogP contribution is -2.43. The summed E-state index contributed by atoms with van der Waals surface area (Å²) < 4.78 is 0. The maximum atomic E-state index is 10.4. The lowest BCUT2D eigenvalue weighted by molar-refractivity contribution is -0.384. The smallest absolute Gasteiger partial charge is 0.269 e. The van der Waals surface area contributed by atoms with E-state index in [2.05, 4.69) is 0 Å². The average Bonchev–Trinajstić information content (AvgIpc) is 2.14. The number of rotatable bonds is 2. The quantitative estimate of drug-likeness (QED) is 0.624. The number of hydrogen-bond donors (Lipinski definition) is 1. The van der Waals surface area contributed by atoms with Gasteiger partial charge in [0.15, 0.2) is 0 Å². The molecule has 1 saturated carbocycles. The van der Waals surface area contributed by atoms with E-state index >= 15 is 0 Å². The predicted molar refractivity (Wildman–Crippen MR) is 60.1 cm³/mol. The van der Waals surface area contributed by atoms with E-state index in [1.807, 2.05) is 0 Å². The summed E-state index contributed by atoms with van der Waals surface area (Å²) >= 11 is 0. The Balaban J connectivity index is 0.00000112. The summed E-state index contributed by atoms with van der Waals surface area (Å²) in [5, 5.41) is 10.4. The third kappa shape index (κ3) is 2.11. The van der Waals surface area contributed by atoms with Crippen LogP contribution in [0.15, 0.2) is 24.3 Å². The lowest BCUT2D eigenvalue weighted by atomic mass is 9.73. The Kier molecular flexibility index (Phi) is 3.31. The van der Waals surface area contributed by atoms with E-state index in [4.69, 9.17) is 5.73 Å². The van der Waals surface area contributed by atoms with Crippen LogP contribution >= 0.6 is 12.4 Å². The summed E-state index contributed by atoms with van der Waals surface area (Å²) in [5.74, 6) is 0. The van der Waals surface area contributed by atoms with Crippen LogP contribution in [0.3, 0.4) is 0 Å². The van der Waals surface area contributed by atoms with Gasteiger partial charge in [-0.2, -0.15) is 0 Å². The Labute approximate surface area is 94.0 Å². The number of halogens is 1. The van der Waals surface area contributed by atoms with Crippen molar-refractivity contribution < 1.29 is 4.92 Å². The van der Waals surface area contributed by atoms with Gasteiger partial charge in [-0.05, 0) is 24.8 Å². The van der Waals surface area contributed by atoms with Crippen molar-refractivity contribution in [3.05, 3.63) is 39.9 Å². The SMILES string of the molecule is Cl.NC1(c2ccc([N+](=O)[O-])cc2)CCC1. The first-order valence-electron chi connectivity index (χ1n) is 4.66. The van der Waals surface area contributed by atoms with E-state index in [1.54, 1.807) is 12.1 Å². The molecular formula is C10H13ClN2O2. The molecule has 2 rings (SSSR count). The normalized spacial score (nSPS) is 17.4. The first-order chi connectivity index (χ1) is 6.62. The minimum atomic E-state index is -0.395.